The molecule has 1 aromatic rings. The summed E-state index contributed by atoms with van der Waals surface area (Å²) < 4.78 is 4.87. The number of thioether (sulfide) groups is 1. The van der Waals surface area contributed by atoms with Crippen LogP contribution in [0.1, 0.15) is 10.4 Å². The van der Waals surface area contributed by atoms with Gasteiger partial charge in [0.1, 0.15) is 6.04 Å². The van der Waals surface area contributed by atoms with Gasteiger partial charge in [-0.1, -0.05) is 42.1 Å². The van der Waals surface area contributed by atoms with Crippen LogP contribution in [0, 0.1) is 0 Å². The fourth-order valence-corrected chi connectivity index (χ4v) is 2.22. The number of carbonyl (C=O) groups excluding carboxylic acids is 3. The zero-order valence-electron chi connectivity index (χ0n) is 9.42. The Hall–Kier alpha value is -1.82. The molecule has 1 heterocycles. The molecule has 6 heteroatoms. The van der Waals surface area contributed by atoms with Crippen LogP contribution in [-0.2, 0) is 9.53 Å². The third-order valence-electron chi connectivity index (χ3n) is 2.40. The van der Waals surface area contributed by atoms with Crippen LogP contribution >= 0.6 is 11.8 Å². The van der Waals surface area contributed by atoms with Crippen LogP contribution in [0.4, 0.5) is 4.79 Å². The van der Waals surface area contributed by atoms with Crippen molar-refractivity contribution in [2.75, 3.05) is 12.4 Å². The van der Waals surface area contributed by atoms with Gasteiger partial charge in [-0.15, -0.1) is 0 Å². The third-order valence-corrected chi connectivity index (χ3v) is 3.28. The smallest absolute Gasteiger partial charge is 0.329 e. The summed E-state index contributed by atoms with van der Waals surface area (Å²) in [5, 5.41) is 2.21. The Balaban J connectivity index is 1.83. The lowest BCUT2D eigenvalue weighted by molar-refractivity contribution is -0.143. The number of hydrogen-bond donors (Lipinski definition) is 1. The van der Waals surface area contributed by atoms with Gasteiger partial charge in [-0.3, -0.25) is 9.59 Å². The Morgan fingerprint density at radius 2 is 2.06 bits per heavy atom. The highest BCUT2D eigenvalue weighted by Crippen LogP contribution is 2.14. The fourth-order valence-electron chi connectivity index (χ4n) is 1.46. The second kappa shape index (κ2) is 5.68. The minimum absolute atomic E-state index is 0.244. The lowest BCUT2D eigenvalue weighted by atomic mass is 10.1. The van der Waals surface area contributed by atoms with Crippen molar-refractivity contribution in [3.05, 3.63) is 35.9 Å². The standard InChI is InChI=1S/C12H11NO4S/c14-10(8-4-2-1-3-5-8)6-17-11(15)9-7-18-12(16)13-9/h1-5,9H,6-7H2,(H,13,16)/t9-/m0/s1. The van der Waals surface area contributed by atoms with Crippen LogP contribution < -0.4 is 5.32 Å². The van der Waals surface area contributed by atoms with E-state index in [9.17, 15) is 14.4 Å². The summed E-state index contributed by atoms with van der Waals surface area (Å²) in [4.78, 5) is 34.1. The van der Waals surface area contributed by atoms with Gasteiger partial charge in [0.15, 0.2) is 12.4 Å². The average molecular weight is 265 g/mol. The molecular weight excluding hydrogens is 254 g/mol. The van der Waals surface area contributed by atoms with Gasteiger partial charge < -0.3 is 10.1 Å². The van der Waals surface area contributed by atoms with Crippen LogP contribution in [0.15, 0.2) is 30.3 Å². The Morgan fingerprint density at radius 3 is 2.67 bits per heavy atom. The van der Waals surface area contributed by atoms with E-state index in [0.29, 0.717) is 11.3 Å². The topological polar surface area (TPSA) is 72.5 Å². The number of rotatable bonds is 4. The molecule has 1 fully saturated rings. The number of esters is 1. The molecule has 0 aliphatic carbocycles. The molecule has 18 heavy (non-hydrogen) atoms. The summed E-state index contributed by atoms with van der Waals surface area (Å²) >= 11 is 1.03. The molecule has 0 bridgehead atoms. The van der Waals surface area contributed by atoms with Gasteiger partial charge in [-0.25, -0.2) is 4.79 Å². The van der Waals surface area contributed by atoms with Crippen molar-refractivity contribution < 1.29 is 19.1 Å². The summed E-state index contributed by atoms with van der Waals surface area (Å²) in [5.74, 6) is -0.490. The minimum Gasteiger partial charge on any atom is -0.456 e. The monoisotopic (exact) mass is 265 g/mol. The molecule has 1 saturated heterocycles. The Labute approximate surface area is 108 Å². The molecule has 1 atom stereocenters. The quantitative estimate of drug-likeness (QED) is 0.655. The number of nitrogens with one attached hydrogen (secondary N) is 1. The normalized spacial score (nSPS) is 18.2. The molecule has 0 radical (unpaired) electrons. The number of amides is 1. The first kappa shape index (κ1) is 12.6. The summed E-state index contributed by atoms with van der Waals surface area (Å²) in [7, 11) is 0. The number of carbonyl (C=O) groups is 3. The molecule has 0 unspecified atom stereocenters. The summed E-state index contributed by atoms with van der Waals surface area (Å²) in [6.07, 6.45) is 0. The van der Waals surface area contributed by atoms with Gasteiger partial charge in [-0.2, -0.15) is 0 Å². The zero-order chi connectivity index (χ0) is 13.0. The van der Waals surface area contributed by atoms with Crippen molar-refractivity contribution in [3.8, 4) is 0 Å². The molecule has 1 aromatic carbocycles. The lowest BCUT2D eigenvalue weighted by Crippen LogP contribution is -2.36. The number of Topliss-reactive ketones (excluding diaryl/α,β-unsaturated/α-hetero) is 1. The van der Waals surface area contributed by atoms with Crippen molar-refractivity contribution in [3.63, 3.8) is 0 Å². The molecule has 1 amide bonds. The summed E-state index contributed by atoms with van der Waals surface area (Å²) in [6, 6.07) is 7.94. The van der Waals surface area contributed by atoms with Gasteiger partial charge in [0.25, 0.3) is 5.24 Å². The van der Waals surface area contributed by atoms with Gasteiger partial charge in [-0.05, 0) is 0 Å². The maximum absolute atomic E-state index is 11.7. The van der Waals surface area contributed by atoms with E-state index >= 15 is 0 Å². The lowest BCUT2D eigenvalue weighted by Gasteiger charge is -2.08. The highest BCUT2D eigenvalue weighted by Gasteiger charge is 2.29. The van der Waals surface area contributed by atoms with Crippen LogP contribution in [0.2, 0.25) is 0 Å². The van der Waals surface area contributed by atoms with E-state index in [1.807, 2.05) is 0 Å². The molecule has 5 nitrogen and oxygen atoms in total. The molecule has 1 N–H and O–H groups in total. The number of hydrogen-bond acceptors (Lipinski definition) is 5. The molecule has 2 rings (SSSR count). The second-order valence-electron chi connectivity index (χ2n) is 3.69. The first-order valence-electron chi connectivity index (χ1n) is 5.35. The summed E-state index contributed by atoms with van der Waals surface area (Å²) in [6.45, 7) is -0.306. The molecule has 94 valence electrons. The first-order chi connectivity index (χ1) is 8.66. The Bertz CT molecular complexity index is 474. The van der Waals surface area contributed by atoms with E-state index in [0.717, 1.165) is 11.8 Å². The predicted molar refractivity (Wildman–Crippen MR) is 66.5 cm³/mol. The predicted octanol–water partition coefficient (Wildman–Crippen LogP) is 1.24. The Kier molecular flexibility index (Phi) is 3.99. The van der Waals surface area contributed by atoms with E-state index in [4.69, 9.17) is 4.74 Å². The van der Waals surface area contributed by atoms with Crippen LogP contribution in [-0.4, -0.2) is 35.4 Å². The van der Waals surface area contributed by atoms with Crippen molar-refractivity contribution >= 4 is 28.8 Å². The van der Waals surface area contributed by atoms with Crippen LogP contribution in [0.3, 0.4) is 0 Å². The maximum Gasteiger partial charge on any atom is 0.329 e. The van der Waals surface area contributed by atoms with Gasteiger partial charge in [0.05, 0.1) is 0 Å². The van der Waals surface area contributed by atoms with Gasteiger partial charge in [0.2, 0.25) is 0 Å². The van der Waals surface area contributed by atoms with Gasteiger partial charge in [0, 0.05) is 11.3 Å². The second-order valence-corrected chi connectivity index (χ2v) is 4.69. The highest BCUT2D eigenvalue weighted by molar-refractivity contribution is 8.14. The van der Waals surface area contributed by atoms with E-state index in [1.54, 1.807) is 30.3 Å². The van der Waals surface area contributed by atoms with Crippen LogP contribution in [0.25, 0.3) is 0 Å². The first-order valence-corrected chi connectivity index (χ1v) is 6.33. The number of ketones is 1. The average Bonchev–Trinajstić information content (AvgIpc) is 2.83. The molecular formula is C12H11NO4S. The minimum atomic E-state index is -0.647. The number of ether oxygens (including phenoxy) is 1. The fraction of sp³-hybridized carbons (Fsp3) is 0.250. The van der Waals surface area contributed by atoms with E-state index in [1.165, 1.54) is 0 Å². The molecule has 1 aliphatic heterocycles. The highest BCUT2D eigenvalue weighted by atomic mass is 32.2. The van der Waals surface area contributed by atoms with Crippen LogP contribution in [0.5, 0.6) is 0 Å². The summed E-state index contributed by atoms with van der Waals surface area (Å²) in [5.41, 5.74) is 0.495. The van der Waals surface area contributed by atoms with Gasteiger partial charge >= 0.3 is 5.97 Å². The molecule has 0 saturated carbocycles. The van der Waals surface area contributed by atoms with Crippen molar-refractivity contribution in [1.82, 2.24) is 5.32 Å². The Morgan fingerprint density at radius 1 is 1.33 bits per heavy atom. The zero-order valence-corrected chi connectivity index (χ0v) is 10.2. The largest absolute Gasteiger partial charge is 0.456 e. The van der Waals surface area contributed by atoms with Crippen molar-refractivity contribution in [2.24, 2.45) is 0 Å². The van der Waals surface area contributed by atoms with Crippen molar-refractivity contribution in [1.29, 1.82) is 0 Å². The molecule has 0 aromatic heterocycles. The van der Waals surface area contributed by atoms with E-state index < -0.39 is 12.0 Å². The maximum atomic E-state index is 11.7. The molecule has 1 aliphatic rings. The van der Waals surface area contributed by atoms with E-state index in [2.05, 4.69) is 5.32 Å². The SMILES string of the molecule is O=C1N[C@H](C(=O)OCC(=O)c2ccccc2)CS1. The number of benzene rings is 1. The van der Waals surface area contributed by atoms with E-state index in [-0.39, 0.29) is 17.6 Å². The van der Waals surface area contributed by atoms with Crippen molar-refractivity contribution in [2.45, 2.75) is 6.04 Å². The third kappa shape index (κ3) is 3.10. The molecule has 0 spiro atoms.